The van der Waals surface area contributed by atoms with Crippen LogP contribution < -0.4 is 0 Å². The molecule has 1 saturated heterocycles. The zero-order chi connectivity index (χ0) is 10.6. The van der Waals surface area contributed by atoms with Crippen LogP contribution in [0.3, 0.4) is 0 Å². The first-order valence-electron chi connectivity index (χ1n) is 4.39. The summed E-state index contributed by atoms with van der Waals surface area (Å²) in [4.78, 5) is 0. The van der Waals surface area contributed by atoms with Crippen molar-refractivity contribution >= 4 is 48.8 Å². The van der Waals surface area contributed by atoms with Crippen molar-refractivity contribution in [1.82, 2.24) is 0 Å². The predicted octanol–water partition coefficient (Wildman–Crippen LogP) is -2.85. The summed E-state index contributed by atoms with van der Waals surface area (Å²) in [5.41, 5.74) is 1.86. The van der Waals surface area contributed by atoms with E-state index >= 15 is 0 Å². The van der Waals surface area contributed by atoms with E-state index in [9.17, 15) is 0 Å². The van der Waals surface area contributed by atoms with E-state index in [0.29, 0.717) is 0 Å². The molecule has 1 fully saturated rings. The highest BCUT2D eigenvalue weighted by molar-refractivity contribution is 6.61. The van der Waals surface area contributed by atoms with Crippen LogP contribution in [0.25, 0.3) is 0 Å². The molecule has 0 spiro atoms. The second kappa shape index (κ2) is 11.5. The van der Waals surface area contributed by atoms with Crippen molar-refractivity contribution in [2.24, 2.45) is 0 Å². The average Bonchev–Trinajstić information content (AvgIpc) is 2.02. The molecule has 0 atom stereocenters. The van der Waals surface area contributed by atoms with Crippen LogP contribution in [0, 0.1) is 0 Å². The molecule has 10 heteroatoms. The molecule has 1 aliphatic heterocycles. The Morgan fingerprint density at radius 3 is 1.43 bits per heavy atom. The molecule has 0 aromatic heterocycles. The maximum Gasteiger partial charge on any atom is 0.286 e. The van der Waals surface area contributed by atoms with Gasteiger partial charge in [0.1, 0.15) is 0 Å². The molecule has 1 N–H and O–H groups in total. The zero-order valence-corrected chi connectivity index (χ0v) is 15.5. The lowest BCUT2D eigenvalue weighted by atomic mass is 11.2. The Bertz CT molecular complexity index is 120. The maximum absolute atomic E-state index is 8.09. The van der Waals surface area contributed by atoms with Gasteiger partial charge < -0.3 is 21.6 Å². The molecular weight excluding hydrogens is 268 g/mol. The summed E-state index contributed by atoms with van der Waals surface area (Å²) in [6.45, 7) is 4.29. The van der Waals surface area contributed by atoms with E-state index in [-0.39, 0.29) is 0 Å². The van der Waals surface area contributed by atoms with Gasteiger partial charge in [-0.2, -0.15) is 0 Å². The van der Waals surface area contributed by atoms with E-state index in [1.165, 1.54) is 0 Å². The lowest BCUT2D eigenvalue weighted by molar-refractivity contribution is 0.347. The number of aliphatic hydroxyl groups is 1. The third-order valence-electron chi connectivity index (χ3n) is 1.14. The largest absolute Gasteiger partial charge is 0.516 e. The Hall–Kier alpha value is 0.464. The van der Waals surface area contributed by atoms with Gasteiger partial charge in [-0.1, -0.05) is 18.8 Å². The second-order valence-electron chi connectivity index (χ2n) is 2.87. The third-order valence-corrected chi connectivity index (χ3v) is 7.41. The Labute approximate surface area is 95.7 Å². The van der Waals surface area contributed by atoms with Crippen LogP contribution in [0.1, 0.15) is 0 Å². The predicted molar refractivity (Wildman–Crippen MR) is 69.2 cm³/mol. The van der Waals surface area contributed by atoms with Gasteiger partial charge in [0, 0.05) is 0 Å². The smallest absolute Gasteiger partial charge is 0.286 e. The third kappa shape index (κ3) is 12.5. The molecule has 0 radical (unpaired) electrons. The molecule has 0 unspecified atom stereocenters. The van der Waals surface area contributed by atoms with Crippen LogP contribution in [0.5, 0.6) is 0 Å². The number of aliphatic hydroxyl groups excluding tert-OH is 1. The minimum atomic E-state index is -0.653. The molecule has 1 aliphatic rings. The Morgan fingerprint density at radius 2 is 1.29 bits per heavy atom. The molecule has 0 aliphatic carbocycles. The van der Waals surface area contributed by atoms with Crippen LogP contribution in [-0.2, 0) is 16.5 Å². The molecule has 0 aromatic rings. The first-order chi connectivity index (χ1) is 6.77. The van der Waals surface area contributed by atoms with Crippen LogP contribution in [-0.4, -0.2) is 53.9 Å². The van der Waals surface area contributed by atoms with E-state index in [1.54, 1.807) is 0 Å². The van der Waals surface area contributed by atoms with Gasteiger partial charge in [-0.25, -0.2) is 0 Å². The van der Waals surface area contributed by atoms with Gasteiger partial charge in [-0.15, -0.1) is 0 Å². The molecule has 0 aromatic carbocycles. The number of hydrogen-bond acceptors (Lipinski definition) is 5. The quantitative estimate of drug-likeness (QED) is 0.415. The Balaban J connectivity index is 0.000000255. The Morgan fingerprint density at radius 1 is 0.929 bits per heavy atom. The van der Waals surface area contributed by atoms with Gasteiger partial charge in [-0.05, 0) is 0 Å². The van der Waals surface area contributed by atoms with Crippen LogP contribution >= 0.6 is 0 Å². The summed E-state index contributed by atoms with van der Waals surface area (Å²) >= 11 is 0. The van der Waals surface area contributed by atoms with Crippen molar-refractivity contribution in [2.75, 3.05) is 0 Å². The normalized spacial score (nSPS) is 25.4. The summed E-state index contributed by atoms with van der Waals surface area (Å²) in [5, 5.41) is 8.09. The van der Waals surface area contributed by atoms with Crippen LogP contribution in [0.2, 0.25) is 13.1 Å². The zero-order valence-electron chi connectivity index (χ0n) is 8.64. The standard InChI is InChI=1S/C4H10OSi.H8O4Si4/c1-6(2)4-3-5;1-5-2-7-4-8-3-6-1/h3-6H,1-2H3;5-8H2. The lowest BCUT2D eigenvalue weighted by Crippen LogP contribution is -2.23. The molecule has 1 heterocycles. The minimum absolute atomic E-state index is 0.601. The number of hydrogen-bond donors (Lipinski definition) is 1. The fraction of sp³-hybridized carbons (Fsp3) is 0.500. The van der Waals surface area contributed by atoms with Gasteiger partial charge in [0.05, 0.1) is 15.1 Å². The van der Waals surface area contributed by atoms with Crippen molar-refractivity contribution in [3.63, 3.8) is 0 Å². The second-order valence-corrected chi connectivity index (χ2v) is 13.2. The molecule has 0 amide bonds. The van der Waals surface area contributed by atoms with E-state index in [2.05, 4.69) is 13.1 Å². The Kier molecular flexibility index (Phi) is 11.9. The molecule has 84 valence electrons. The minimum Gasteiger partial charge on any atom is -0.516 e. The highest BCUT2D eigenvalue weighted by Crippen LogP contribution is 1.79. The summed E-state index contributed by atoms with van der Waals surface area (Å²) in [5.74, 6) is 0. The molecule has 14 heavy (non-hydrogen) atoms. The van der Waals surface area contributed by atoms with Gasteiger partial charge in [-0.3, -0.25) is 0 Å². The summed E-state index contributed by atoms with van der Waals surface area (Å²) in [6, 6.07) is 0. The van der Waals surface area contributed by atoms with Gasteiger partial charge in [0.15, 0.2) is 0 Å². The fourth-order valence-electron chi connectivity index (χ4n) is 0.544. The average molecular weight is 287 g/mol. The van der Waals surface area contributed by atoms with Crippen LogP contribution in [0.4, 0.5) is 0 Å². The van der Waals surface area contributed by atoms with E-state index in [4.69, 9.17) is 21.6 Å². The van der Waals surface area contributed by atoms with E-state index < -0.39 is 48.8 Å². The van der Waals surface area contributed by atoms with Crippen molar-refractivity contribution in [3.8, 4) is 0 Å². The lowest BCUT2D eigenvalue weighted by Gasteiger charge is -2.10. The molecule has 5 nitrogen and oxygen atoms in total. The summed E-state index contributed by atoms with van der Waals surface area (Å²) < 4.78 is 20.4. The van der Waals surface area contributed by atoms with Gasteiger partial charge >= 0.3 is 0 Å². The van der Waals surface area contributed by atoms with E-state index in [0.717, 1.165) is 6.26 Å². The number of rotatable bonds is 1. The highest BCUT2D eigenvalue weighted by Gasteiger charge is 1.97. The first-order valence-corrected chi connectivity index (χ1v) is 12.0. The van der Waals surface area contributed by atoms with E-state index in [1.807, 2.05) is 5.70 Å². The SMILES string of the molecule is C[SiH](C)C=CO.O1[SiH2]O[SiH2]O[SiH2]O[SiH2]1. The molecular formula is C4H18O5Si5. The molecule has 0 bridgehead atoms. The molecule has 1 rings (SSSR count). The first kappa shape index (κ1) is 14.5. The monoisotopic (exact) mass is 286 g/mol. The fourth-order valence-corrected chi connectivity index (χ4v) is 8.11. The van der Waals surface area contributed by atoms with Crippen molar-refractivity contribution in [2.45, 2.75) is 13.1 Å². The van der Waals surface area contributed by atoms with Gasteiger partial charge in [0.25, 0.3) is 40.0 Å². The van der Waals surface area contributed by atoms with Gasteiger partial charge in [0.2, 0.25) is 0 Å². The highest BCUT2D eigenvalue weighted by atomic mass is 28.4. The summed E-state index contributed by atoms with van der Waals surface area (Å²) in [6.07, 6.45) is 1.14. The van der Waals surface area contributed by atoms with Crippen molar-refractivity contribution in [3.05, 3.63) is 12.0 Å². The van der Waals surface area contributed by atoms with Crippen molar-refractivity contribution < 1.29 is 21.6 Å². The summed E-state index contributed by atoms with van der Waals surface area (Å²) in [7, 11) is -3.21. The van der Waals surface area contributed by atoms with Crippen molar-refractivity contribution in [1.29, 1.82) is 0 Å². The topological polar surface area (TPSA) is 57.2 Å². The molecule has 0 saturated carbocycles. The van der Waals surface area contributed by atoms with Crippen LogP contribution in [0.15, 0.2) is 12.0 Å². The maximum atomic E-state index is 8.09.